The molecule has 16 heavy (non-hydrogen) atoms. The van der Waals surface area contributed by atoms with Gasteiger partial charge in [0.25, 0.3) is 0 Å². The Labute approximate surface area is 101 Å². The summed E-state index contributed by atoms with van der Waals surface area (Å²) in [4.78, 5) is 0. The first-order valence-electron chi connectivity index (χ1n) is 4.71. The number of thioether (sulfide) groups is 1. The first-order valence-corrected chi connectivity index (χ1v) is 6.51. The van der Waals surface area contributed by atoms with Crippen LogP contribution in [-0.4, -0.2) is 36.9 Å². The van der Waals surface area contributed by atoms with Crippen LogP contribution in [0.4, 0.5) is 5.13 Å². The molecule has 1 N–H and O–H groups in total. The van der Waals surface area contributed by atoms with E-state index in [0.29, 0.717) is 0 Å². The van der Waals surface area contributed by atoms with Crippen LogP contribution in [0.3, 0.4) is 0 Å². The Kier molecular flexibility index (Phi) is 3.67. The zero-order chi connectivity index (χ0) is 11.4. The highest BCUT2D eigenvalue weighted by atomic mass is 32.2. The molecule has 0 fully saturated rings. The Morgan fingerprint density at radius 1 is 1.38 bits per heavy atom. The SMILES string of the molecule is CCNc1nnc(CSc2nnnn2C)s1. The van der Waals surface area contributed by atoms with Crippen LogP contribution in [0.1, 0.15) is 11.9 Å². The van der Waals surface area contributed by atoms with E-state index in [9.17, 15) is 0 Å². The Balaban J connectivity index is 1.92. The molecule has 2 aromatic heterocycles. The summed E-state index contributed by atoms with van der Waals surface area (Å²) in [6.07, 6.45) is 0. The summed E-state index contributed by atoms with van der Waals surface area (Å²) in [6.45, 7) is 2.88. The summed E-state index contributed by atoms with van der Waals surface area (Å²) in [5.74, 6) is 0.733. The van der Waals surface area contributed by atoms with E-state index < -0.39 is 0 Å². The quantitative estimate of drug-likeness (QED) is 0.793. The van der Waals surface area contributed by atoms with E-state index in [-0.39, 0.29) is 0 Å². The van der Waals surface area contributed by atoms with Crippen molar-refractivity contribution in [2.24, 2.45) is 7.05 Å². The van der Waals surface area contributed by atoms with Gasteiger partial charge in [-0.15, -0.1) is 15.3 Å². The van der Waals surface area contributed by atoms with Crippen LogP contribution in [0.2, 0.25) is 0 Å². The summed E-state index contributed by atoms with van der Waals surface area (Å²) in [5.41, 5.74) is 0. The lowest BCUT2D eigenvalue weighted by atomic mass is 10.8. The van der Waals surface area contributed by atoms with Gasteiger partial charge < -0.3 is 5.32 Å². The van der Waals surface area contributed by atoms with Gasteiger partial charge in [-0.05, 0) is 17.4 Å². The predicted octanol–water partition coefficient (Wildman–Crippen LogP) is 0.786. The zero-order valence-corrected chi connectivity index (χ0v) is 10.5. The second kappa shape index (κ2) is 5.21. The van der Waals surface area contributed by atoms with Crippen molar-refractivity contribution < 1.29 is 0 Å². The lowest BCUT2D eigenvalue weighted by Gasteiger charge is -1.94. The average molecular weight is 257 g/mol. The van der Waals surface area contributed by atoms with Crippen LogP contribution in [0.5, 0.6) is 0 Å². The molecule has 2 rings (SSSR count). The molecule has 0 radical (unpaired) electrons. The molecule has 0 saturated carbocycles. The molecular formula is C7H11N7S2. The highest BCUT2D eigenvalue weighted by molar-refractivity contribution is 7.98. The summed E-state index contributed by atoms with van der Waals surface area (Å²) in [6, 6.07) is 0. The van der Waals surface area contributed by atoms with Crippen molar-refractivity contribution in [3.05, 3.63) is 5.01 Å². The van der Waals surface area contributed by atoms with Gasteiger partial charge in [-0.2, -0.15) is 0 Å². The fraction of sp³-hybridized carbons (Fsp3) is 0.571. The topological polar surface area (TPSA) is 81.4 Å². The van der Waals surface area contributed by atoms with Crippen molar-refractivity contribution in [1.82, 2.24) is 30.4 Å². The zero-order valence-electron chi connectivity index (χ0n) is 8.91. The van der Waals surface area contributed by atoms with Gasteiger partial charge in [-0.3, -0.25) is 0 Å². The molecule has 0 aliphatic carbocycles. The molecule has 0 aliphatic heterocycles. The number of hydrogen-bond donors (Lipinski definition) is 1. The van der Waals surface area contributed by atoms with Gasteiger partial charge in [0.1, 0.15) is 5.01 Å². The molecule has 2 heterocycles. The van der Waals surface area contributed by atoms with Gasteiger partial charge in [0.15, 0.2) is 0 Å². The second-order valence-electron chi connectivity index (χ2n) is 2.91. The van der Waals surface area contributed by atoms with Crippen molar-refractivity contribution in [2.75, 3.05) is 11.9 Å². The number of anilines is 1. The summed E-state index contributed by atoms with van der Waals surface area (Å²) >= 11 is 3.10. The van der Waals surface area contributed by atoms with E-state index in [1.165, 1.54) is 0 Å². The second-order valence-corrected chi connectivity index (χ2v) is 4.91. The molecule has 86 valence electrons. The van der Waals surface area contributed by atoms with Crippen LogP contribution in [0.15, 0.2) is 5.16 Å². The molecule has 2 aromatic rings. The predicted molar refractivity (Wildman–Crippen MR) is 62.4 cm³/mol. The molecule has 0 spiro atoms. The number of nitrogens with zero attached hydrogens (tertiary/aromatic N) is 6. The first kappa shape index (κ1) is 11.3. The average Bonchev–Trinajstić information content (AvgIpc) is 2.86. The van der Waals surface area contributed by atoms with Gasteiger partial charge in [0, 0.05) is 13.6 Å². The van der Waals surface area contributed by atoms with Crippen molar-refractivity contribution in [2.45, 2.75) is 17.8 Å². The number of aryl methyl sites for hydroxylation is 1. The fourth-order valence-electron chi connectivity index (χ4n) is 1.00. The fourth-order valence-corrected chi connectivity index (χ4v) is 2.65. The Hall–Kier alpha value is -1.22. The molecule has 0 saturated heterocycles. The Bertz CT molecular complexity index is 451. The van der Waals surface area contributed by atoms with Crippen molar-refractivity contribution >= 4 is 28.2 Å². The molecule has 0 amide bonds. The number of rotatable bonds is 5. The van der Waals surface area contributed by atoms with E-state index >= 15 is 0 Å². The van der Waals surface area contributed by atoms with Crippen LogP contribution < -0.4 is 5.32 Å². The van der Waals surface area contributed by atoms with Gasteiger partial charge in [0.2, 0.25) is 10.3 Å². The molecular weight excluding hydrogens is 246 g/mol. The molecule has 0 aliphatic rings. The number of aromatic nitrogens is 6. The minimum Gasteiger partial charge on any atom is -0.360 e. The maximum atomic E-state index is 4.07. The van der Waals surface area contributed by atoms with E-state index in [2.05, 4.69) is 31.0 Å². The third kappa shape index (κ3) is 2.67. The van der Waals surface area contributed by atoms with Crippen LogP contribution in [0.25, 0.3) is 0 Å². The van der Waals surface area contributed by atoms with Crippen LogP contribution in [-0.2, 0) is 12.8 Å². The number of tetrazole rings is 1. The van der Waals surface area contributed by atoms with Crippen LogP contribution >= 0.6 is 23.1 Å². The highest BCUT2D eigenvalue weighted by Crippen LogP contribution is 2.23. The van der Waals surface area contributed by atoms with Crippen molar-refractivity contribution in [3.8, 4) is 0 Å². The standard InChI is InChI=1S/C7H11N7S2/c1-3-8-6-10-9-5(16-6)4-15-7-11-12-13-14(7)2/h3-4H2,1-2H3,(H,8,10). The number of hydrogen-bond acceptors (Lipinski definition) is 8. The lowest BCUT2D eigenvalue weighted by Crippen LogP contribution is -1.94. The van der Waals surface area contributed by atoms with Crippen LogP contribution in [0, 0.1) is 0 Å². The third-order valence-electron chi connectivity index (χ3n) is 1.70. The van der Waals surface area contributed by atoms with E-state index in [1.54, 1.807) is 27.8 Å². The Morgan fingerprint density at radius 2 is 2.25 bits per heavy atom. The Morgan fingerprint density at radius 3 is 2.94 bits per heavy atom. The molecule has 0 unspecified atom stereocenters. The van der Waals surface area contributed by atoms with E-state index in [4.69, 9.17) is 0 Å². The maximum absolute atomic E-state index is 4.07. The van der Waals surface area contributed by atoms with E-state index in [0.717, 1.165) is 27.6 Å². The van der Waals surface area contributed by atoms with E-state index in [1.807, 2.05) is 14.0 Å². The minimum atomic E-state index is 0.733. The van der Waals surface area contributed by atoms with Gasteiger partial charge in [0.05, 0.1) is 5.75 Å². The lowest BCUT2D eigenvalue weighted by molar-refractivity contribution is 0.664. The van der Waals surface area contributed by atoms with Gasteiger partial charge in [-0.25, -0.2) is 4.68 Å². The molecule has 0 aromatic carbocycles. The molecule has 0 bridgehead atoms. The first-order chi connectivity index (χ1) is 7.79. The van der Waals surface area contributed by atoms with Crippen molar-refractivity contribution in [1.29, 1.82) is 0 Å². The molecule has 9 heteroatoms. The monoisotopic (exact) mass is 257 g/mol. The summed E-state index contributed by atoms with van der Waals surface area (Å²) < 4.78 is 1.64. The maximum Gasteiger partial charge on any atom is 0.209 e. The highest BCUT2D eigenvalue weighted by Gasteiger charge is 2.07. The minimum absolute atomic E-state index is 0.733. The molecule has 0 atom stereocenters. The van der Waals surface area contributed by atoms with Crippen molar-refractivity contribution in [3.63, 3.8) is 0 Å². The third-order valence-corrected chi connectivity index (χ3v) is 3.79. The van der Waals surface area contributed by atoms with Gasteiger partial charge >= 0.3 is 0 Å². The summed E-state index contributed by atoms with van der Waals surface area (Å²) in [7, 11) is 1.81. The number of nitrogens with one attached hydrogen (secondary N) is 1. The summed E-state index contributed by atoms with van der Waals surface area (Å²) in [5, 5.41) is 25.0. The van der Waals surface area contributed by atoms with Gasteiger partial charge in [-0.1, -0.05) is 23.1 Å². The molecule has 7 nitrogen and oxygen atoms in total. The normalized spacial score (nSPS) is 10.6. The smallest absolute Gasteiger partial charge is 0.209 e. The largest absolute Gasteiger partial charge is 0.360 e.